The van der Waals surface area contributed by atoms with Crippen molar-refractivity contribution >= 4 is 0 Å². The van der Waals surface area contributed by atoms with E-state index in [0.717, 1.165) is 18.5 Å². The number of hydrogen-bond donors (Lipinski definition) is 1. The third-order valence-electron chi connectivity index (χ3n) is 4.31. The first-order valence-corrected chi connectivity index (χ1v) is 7.31. The Hall–Kier alpha value is -1.03. The second-order valence-corrected chi connectivity index (χ2v) is 5.76. The van der Waals surface area contributed by atoms with Gasteiger partial charge in [0.05, 0.1) is 5.56 Å². The Kier molecular flexibility index (Phi) is 5.08. The van der Waals surface area contributed by atoms with Gasteiger partial charge in [0.1, 0.15) is 0 Å². The molecule has 0 saturated heterocycles. The van der Waals surface area contributed by atoms with Crippen LogP contribution in [-0.4, -0.2) is 13.6 Å². The van der Waals surface area contributed by atoms with Gasteiger partial charge in [0.15, 0.2) is 0 Å². The van der Waals surface area contributed by atoms with Crippen molar-refractivity contribution in [3.05, 3.63) is 35.4 Å². The molecule has 1 unspecified atom stereocenters. The summed E-state index contributed by atoms with van der Waals surface area (Å²) in [6.07, 6.45) is 1.72. The fourth-order valence-corrected chi connectivity index (χ4v) is 3.23. The molecule has 0 amide bonds. The van der Waals surface area contributed by atoms with Crippen LogP contribution in [0.25, 0.3) is 0 Å². The summed E-state index contributed by atoms with van der Waals surface area (Å²) in [6, 6.07) is 5.64. The largest absolute Gasteiger partial charge is 0.416 e. The Balaban J connectivity index is 2.02. The van der Waals surface area contributed by atoms with Crippen molar-refractivity contribution in [2.75, 3.05) is 13.6 Å². The van der Waals surface area contributed by atoms with Gasteiger partial charge < -0.3 is 5.32 Å². The van der Waals surface area contributed by atoms with Crippen molar-refractivity contribution in [1.82, 2.24) is 5.32 Å². The van der Waals surface area contributed by atoms with Gasteiger partial charge in [0.2, 0.25) is 0 Å². The standard InChI is InChI=1S/C16H22F3N/c1-20-11-14(13-4-2-3-5-13)10-12-6-8-15(9-7-12)16(17,18)19/h6-9,13-14,20H,2-5,10-11H2,1H3. The molecular formula is C16H22F3N. The summed E-state index contributed by atoms with van der Waals surface area (Å²) in [6.45, 7) is 0.936. The lowest BCUT2D eigenvalue weighted by molar-refractivity contribution is -0.137. The molecule has 0 heterocycles. The highest BCUT2D eigenvalue weighted by atomic mass is 19.4. The molecule has 1 aromatic rings. The van der Waals surface area contributed by atoms with Gasteiger partial charge in [-0.3, -0.25) is 0 Å². The molecule has 2 rings (SSSR count). The van der Waals surface area contributed by atoms with Crippen molar-refractivity contribution in [1.29, 1.82) is 0 Å². The molecule has 0 aromatic heterocycles. The summed E-state index contributed by atoms with van der Waals surface area (Å²) < 4.78 is 37.6. The van der Waals surface area contributed by atoms with E-state index >= 15 is 0 Å². The average Bonchev–Trinajstić information content (AvgIpc) is 2.91. The predicted octanol–water partition coefficient (Wildman–Crippen LogP) is 4.27. The van der Waals surface area contributed by atoms with E-state index in [9.17, 15) is 13.2 Å². The van der Waals surface area contributed by atoms with Gasteiger partial charge in [0.25, 0.3) is 0 Å². The first-order valence-electron chi connectivity index (χ1n) is 7.31. The Labute approximate surface area is 118 Å². The van der Waals surface area contributed by atoms with Crippen molar-refractivity contribution in [3.8, 4) is 0 Å². The molecule has 1 aromatic carbocycles. The molecule has 1 nitrogen and oxygen atoms in total. The maximum atomic E-state index is 12.5. The Bertz CT molecular complexity index is 405. The quantitative estimate of drug-likeness (QED) is 0.851. The highest BCUT2D eigenvalue weighted by Gasteiger charge is 2.30. The molecule has 0 radical (unpaired) electrons. The van der Waals surface area contributed by atoms with Gasteiger partial charge in [0, 0.05) is 0 Å². The number of benzene rings is 1. The summed E-state index contributed by atoms with van der Waals surface area (Å²) in [5, 5.41) is 3.22. The third kappa shape index (κ3) is 3.98. The van der Waals surface area contributed by atoms with Crippen LogP contribution in [0.3, 0.4) is 0 Å². The molecule has 20 heavy (non-hydrogen) atoms. The van der Waals surface area contributed by atoms with Crippen LogP contribution in [0.2, 0.25) is 0 Å². The molecule has 112 valence electrons. The topological polar surface area (TPSA) is 12.0 Å². The Morgan fingerprint density at radius 3 is 2.25 bits per heavy atom. The molecule has 0 bridgehead atoms. The van der Waals surface area contributed by atoms with Crippen molar-refractivity contribution in [3.63, 3.8) is 0 Å². The highest BCUT2D eigenvalue weighted by Crippen LogP contribution is 2.34. The van der Waals surface area contributed by atoms with Gasteiger partial charge >= 0.3 is 6.18 Å². The van der Waals surface area contributed by atoms with Crippen LogP contribution in [0.5, 0.6) is 0 Å². The van der Waals surface area contributed by atoms with E-state index in [4.69, 9.17) is 0 Å². The fraction of sp³-hybridized carbons (Fsp3) is 0.625. The molecule has 1 aliphatic rings. The molecule has 0 aliphatic heterocycles. The molecule has 1 atom stereocenters. The van der Waals surface area contributed by atoms with E-state index in [1.165, 1.54) is 37.8 Å². The SMILES string of the molecule is CNCC(Cc1ccc(C(F)(F)F)cc1)C1CCCC1. The van der Waals surface area contributed by atoms with Gasteiger partial charge in [-0.05, 0) is 49.5 Å². The minimum absolute atomic E-state index is 0.527. The summed E-state index contributed by atoms with van der Waals surface area (Å²) in [5.41, 5.74) is 0.442. The van der Waals surface area contributed by atoms with Gasteiger partial charge in [-0.25, -0.2) is 0 Å². The zero-order valence-electron chi connectivity index (χ0n) is 11.8. The lowest BCUT2D eigenvalue weighted by atomic mass is 9.85. The van der Waals surface area contributed by atoms with Crippen molar-refractivity contribution in [2.24, 2.45) is 11.8 Å². The molecule has 1 N–H and O–H groups in total. The molecule has 1 aliphatic carbocycles. The summed E-state index contributed by atoms with van der Waals surface area (Å²) in [5.74, 6) is 1.24. The van der Waals surface area contributed by atoms with E-state index in [-0.39, 0.29) is 0 Å². The first-order chi connectivity index (χ1) is 9.50. The van der Waals surface area contributed by atoms with Gasteiger partial charge in [-0.2, -0.15) is 13.2 Å². The number of alkyl halides is 3. The van der Waals surface area contributed by atoms with Crippen LogP contribution >= 0.6 is 0 Å². The number of halogens is 3. The van der Waals surface area contributed by atoms with Crippen LogP contribution in [0.15, 0.2) is 24.3 Å². The average molecular weight is 285 g/mol. The van der Waals surface area contributed by atoms with Gasteiger partial charge in [-0.15, -0.1) is 0 Å². The third-order valence-corrected chi connectivity index (χ3v) is 4.31. The summed E-state index contributed by atoms with van der Waals surface area (Å²) in [4.78, 5) is 0. The lowest BCUT2D eigenvalue weighted by Gasteiger charge is -2.23. The molecular weight excluding hydrogens is 263 g/mol. The predicted molar refractivity (Wildman–Crippen MR) is 74.5 cm³/mol. The number of nitrogens with one attached hydrogen (secondary N) is 1. The summed E-state index contributed by atoms with van der Waals surface area (Å²) >= 11 is 0. The normalized spacial score (nSPS) is 18.4. The monoisotopic (exact) mass is 285 g/mol. The smallest absolute Gasteiger partial charge is 0.319 e. The second kappa shape index (κ2) is 6.61. The minimum atomic E-state index is -4.24. The lowest BCUT2D eigenvalue weighted by Crippen LogP contribution is -2.26. The first kappa shape index (κ1) is 15.4. The molecule has 0 spiro atoms. The Morgan fingerprint density at radius 2 is 1.75 bits per heavy atom. The fourth-order valence-electron chi connectivity index (χ4n) is 3.23. The van der Waals surface area contributed by atoms with E-state index in [0.29, 0.717) is 11.8 Å². The van der Waals surface area contributed by atoms with E-state index in [1.807, 2.05) is 7.05 Å². The summed E-state index contributed by atoms with van der Waals surface area (Å²) in [7, 11) is 1.94. The number of rotatable bonds is 5. The minimum Gasteiger partial charge on any atom is -0.319 e. The van der Waals surface area contributed by atoms with Crippen LogP contribution in [0.4, 0.5) is 13.2 Å². The van der Waals surface area contributed by atoms with E-state index < -0.39 is 11.7 Å². The van der Waals surface area contributed by atoms with Crippen LogP contribution in [0, 0.1) is 11.8 Å². The number of hydrogen-bond acceptors (Lipinski definition) is 1. The van der Waals surface area contributed by atoms with Crippen LogP contribution < -0.4 is 5.32 Å². The van der Waals surface area contributed by atoms with Crippen LogP contribution in [0.1, 0.15) is 36.8 Å². The van der Waals surface area contributed by atoms with Gasteiger partial charge in [-0.1, -0.05) is 37.8 Å². The van der Waals surface area contributed by atoms with Crippen molar-refractivity contribution < 1.29 is 13.2 Å². The van der Waals surface area contributed by atoms with E-state index in [1.54, 1.807) is 12.1 Å². The Morgan fingerprint density at radius 1 is 1.15 bits per heavy atom. The van der Waals surface area contributed by atoms with Crippen molar-refractivity contribution in [2.45, 2.75) is 38.3 Å². The second-order valence-electron chi connectivity index (χ2n) is 5.76. The molecule has 1 saturated carbocycles. The molecule has 4 heteroatoms. The van der Waals surface area contributed by atoms with Crippen LogP contribution in [-0.2, 0) is 12.6 Å². The zero-order valence-corrected chi connectivity index (χ0v) is 11.8. The molecule has 1 fully saturated rings. The van der Waals surface area contributed by atoms with E-state index in [2.05, 4.69) is 5.32 Å². The zero-order chi connectivity index (χ0) is 14.6. The maximum absolute atomic E-state index is 12.5. The maximum Gasteiger partial charge on any atom is 0.416 e. The highest BCUT2D eigenvalue weighted by molar-refractivity contribution is 5.25.